The zero-order valence-electron chi connectivity index (χ0n) is 9.55. The van der Waals surface area contributed by atoms with Crippen molar-refractivity contribution in [1.82, 2.24) is 0 Å². The molecule has 4 heteroatoms. The van der Waals surface area contributed by atoms with Gasteiger partial charge in [-0.15, -0.1) is 0 Å². The number of rotatable bonds is 6. The van der Waals surface area contributed by atoms with Gasteiger partial charge in [0, 0.05) is 5.57 Å². The van der Waals surface area contributed by atoms with E-state index in [4.69, 9.17) is 8.85 Å². The van der Waals surface area contributed by atoms with Gasteiger partial charge in [0.15, 0.2) is 0 Å². The highest BCUT2D eigenvalue weighted by molar-refractivity contribution is 6.23. The first-order valence-corrected chi connectivity index (χ1v) is 6.01. The van der Waals surface area contributed by atoms with E-state index < -0.39 is 10.0 Å². The van der Waals surface area contributed by atoms with Gasteiger partial charge >= 0.3 is 16.0 Å². The van der Waals surface area contributed by atoms with Crippen LogP contribution in [0.2, 0.25) is 0 Å². The van der Waals surface area contributed by atoms with Crippen molar-refractivity contribution >= 4 is 16.0 Å². The van der Waals surface area contributed by atoms with Crippen molar-refractivity contribution < 1.29 is 13.6 Å². The molecule has 0 N–H and O–H groups in total. The fraction of sp³-hybridized carbons (Fsp3) is 0.700. The molecule has 0 aliphatic rings. The second-order valence-corrected chi connectivity index (χ2v) is 4.80. The van der Waals surface area contributed by atoms with Crippen LogP contribution >= 0.6 is 0 Å². The molecule has 0 aromatic carbocycles. The topological polar surface area (TPSA) is 35.5 Å². The van der Waals surface area contributed by atoms with E-state index in [0.717, 1.165) is 12.8 Å². The van der Waals surface area contributed by atoms with Crippen LogP contribution in [0.25, 0.3) is 0 Å². The van der Waals surface area contributed by atoms with Crippen LogP contribution < -0.4 is 0 Å². The van der Waals surface area contributed by atoms with Crippen LogP contribution in [0.4, 0.5) is 0 Å². The molecule has 0 bridgehead atoms. The fourth-order valence-electron chi connectivity index (χ4n) is 1.04. The molecule has 0 saturated heterocycles. The van der Waals surface area contributed by atoms with Gasteiger partial charge in [-0.2, -0.15) is 0 Å². The molecule has 0 aliphatic carbocycles. The van der Waals surface area contributed by atoms with Gasteiger partial charge in [0.1, 0.15) is 0 Å². The van der Waals surface area contributed by atoms with Crippen molar-refractivity contribution in [2.24, 2.45) is 0 Å². The van der Waals surface area contributed by atoms with Gasteiger partial charge < -0.3 is 8.85 Å². The number of hydrogen-bond acceptors (Lipinski definition) is 3. The van der Waals surface area contributed by atoms with E-state index in [0.29, 0.717) is 5.57 Å². The van der Waals surface area contributed by atoms with Gasteiger partial charge in [0.2, 0.25) is 0 Å². The molecule has 0 aliphatic heterocycles. The molecule has 0 fully saturated rings. The van der Waals surface area contributed by atoms with Crippen LogP contribution in [0.1, 0.15) is 40.5 Å². The van der Waals surface area contributed by atoms with Crippen LogP contribution in [0.15, 0.2) is 12.2 Å². The molecule has 0 atom stereocenters. The minimum absolute atomic E-state index is 0.170. The first-order valence-electron chi connectivity index (χ1n) is 4.85. The van der Waals surface area contributed by atoms with Crippen molar-refractivity contribution in [3.8, 4) is 0 Å². The minimum Gasteiger partial charge on any atom is -0.496 e. The first kappa shape index (κ1) is 13.4. The highest BCUT2D eigenvalue weighted by atomic mass is 28.3. The zero-order chi connectivity index (χ0) is 11.2. The molecule has 82 valence electrons. The van der Waals surface area contributed by atoms with Crippen molar-refractivity contribution in [3.63, 3.8) is 0 Å². The highest BCUT2D eigenvalue weighted by Gasteiger charge is 2.17. The summed E-state index contributed by atoms with van der Waals surface area (Å²) in [7, 11) is -1.21. The van der Waals surface area contributed by atoms with Gasteiger partial charge in [-0.3, -0.25) is 0 Å². The summed E-state index contributed by atoms with van der Waals surface area (Å²) in [5.41, 5.74) is 0.255. The monoisotopic (exact) mass is 216 g/mol. The Hall–Kier alpha value is -0.613. The molecule has 0 saturated carbocycles. The van der Waals surface area contributed by atoms with Crippen molar-refractivity contribution in [2.75, 3.05) is 0 Å². The van der Waals surface area contributed by atoms with E-state index >= 15 is 0 Å². The molecule has 0 heterocycles. The summed E-state index contributed by atoms with van der Waals surface area (Å²) < 4.78 is 10.5. The van der Waals surface area contributed by atoms with E-state index in [-0.39, 0.29) is 11.6 Å². The standard InChI is InChI=1S/C10H20O3Si/c1-6-7-10(4,5)13-14-12-9(11)8(2)3/h2,6-7,14H2,1,3-5H3. The maximum atomic E-state index is 11.0. The van der Waals surface area contributed by atoms with Crippen LogP contribution in [-0.2, 0) is 13.6 Å². The molecular weight excluding hydrogens is 196 g/mol. The Morgan fingerprint density at radius 3 is 2.50 bits per heavy atom. The zero-order valence-corrected chi connectivity index (χ0v) is 11.0. The number of carbonyl (C=O) groups is 1. The maximum Gasteiger partial charge on any atom is 0.369 e. The molecule has 0 radical (unpaired) electrons. The molecule has 0 unspecified atom stereocenters. The van der Waals surface area contributed by atoms with Crippen molar-refractivity contribution in [3.05, 3.63) is 12.2 Å². The molecule has 0 aromatic rings. The number of carbonyl (C=O) groups excluding carboxylic acids is 1. The Morgan fingerprint density at radius 1 is 1.50 bits per heavy atom. The van der Waals surface area contributed by atoms with Crippen LogP contribution in [0.3, 0.4) is 0 Å². The van der Waals surface area contributed by atoms with Gasteiger partial charge in [-0.25, -0.2) is 4.79 Å². The third kappa shape index (κ3) is 5.94. The predicted molar refractivity (Wildman–Crippen MR) is 59.5 cm³/mol. The molecule has 0 rings (SSSR count). The number of hydrogen-bond donors (Lipinski definition) is 0. The van der Waals surface area contributed by atoms with E-state index in [2.05, 4.69) is 13.5 Å². The van der Waals surface area contributed by atoms with Gasteiger partial charge in [0.25, 0.3) is 0 Å². The lowest BCUT2D eigenvalue weighted by Crippen LogP contribution is -2.28. The summed E-state index contributed by atoms with van der Waals surface area (Å²) >= 11 is 0. The predicted octanol–water partition coefficient (Wildman–Crippen LogP) is 1.70. The quantitative estimate of drug-likeness (QED) is 0.501. The Kier molecular flexibility index (Phi) is 5.72. The lowest BCUT2D eigenvalue weighted by molar-refractivity contribution is -0.131. The Labute approximate surface area is 88.5 Å². The second kappa shape index (κ2) is 5.98. The average Bonchev–Trinajstić information content (AvgIpc) is 2.03. The van der Waals surface area contributed by atoms with E-state index in [1.807, 2.05) is 13.8 Å². The van der Waals surface area contributed by atoms with Gasteiger partial charge in [0.05, 0.1) is 5.60 Å². The Bertz CT molecular complexity index is 211. The molecule has 0 spiro atoms. The van der Waals surface area contributed by atoms with Crippen molar-refractivity contribution in [1.29, 1.82) is 0 Å². The normalized spacial score (nSPS) is 12.0. The minimum atomic E-state index is -1.21. The lowest BCUT2D eigenvalue weighted by atomic mass is 10.0. The molecule has 0 amide bonds. The van der Waals surface area contributed by atoms with Crippen molar-refractivity contribution in [2.45, 2.75) is 46.1 Å². The van der Waals surface area contributed by atoms with Crippen LogP contribution in [0.5, 0.6) is 0 Å². The molecule has 3 nitrogen and oxygen atoms in total. The average molecular weight is 216 g/mol. The summed E-state index contributed by atoms with van der Waals surface area (Å²) in [6, 6.07) is 0. The summed E-state index contributed by atoms with van der Waals surface area (Å²) in [5, 5.41) is 0. The smallest absolute Gasteiger partial charge is 0.369 e. The third-order valence-electron chi connectivity index (χ3n) is 1.84. The highest BCUT2D eigenvalue weighted by Crippen LogP contribution is 2.15. The SMILES string of the molecule is C=C(C)C(=O)O[SiH2]OC(C)(C)CCC. The maximum absolute atomic E-state index is 11.0. The summed E-state index contributed by atoms with van der Waals surface area (Å²) in [6.07, 6.45) is 2.04. The van der Waals surface area contributed by atoms with Gasteiger partial charge in [-0.1, -0.05) is 19.9 Å². The second-order valence-electron chi connectivity index (χ2n) is 3.98. The van der Waals surface area contributed by atoms with E-state index in [1.165, 1.54) is 0 Å². The van der Waals surface area contributed by atoms with E-state index in [9.17, 15) is 4.79 Å². The molecular formula is C10H20O3Si. The molecule has 14 heavy (non-hydrogen) atoms. The largest absolute Gasteiger partial charge is 0.496 e. The Morgan fingerprint density at radius 2 is 2.07 bits per heavy atom. The van der Waals surface area contributed by atoms with E-state index in [1.54, 1.807) is 6.92 Å². The molecule has 0 aromatic heterocycles. The summed E-state index contributed by atoms with van der Waals surface area (Å²) in [5.74, 6) is -0.344. The third-order valence-corrected chi connectivity index (χ3v) is 3.12. The summed E-state index contributed by atoms with van der Waals surface area (Å²) in [6.45, 7) is 11.3. The first-order chi connectivity index (χ1) is 6.39. The van der Waals surface area contributed by atoms with Crippen LogP contribution in [0, 0.1) is 0 Å². The summed E-state index contributed by atoms with van der Waals surface area (Å²) in [4.78, 5) is 11.0. The van der Waals surface area contributed by atoms with Gasteiger partial charge in [-0.05, 0) is 27.2 Å². The Balaban J connectivity index is 3.73. The fourth-order valence-corrected chi connectivity index (χ4v) is 1.92. The van der Waals surface area contributed by atoms with Crippen LogP contribution in [-0.4, -0.2) is 21.6 Å². The lowest BCUT2D eigenvalue weighted by Gasteiger charge is -2.24.